The third-order valence-corrected chi connectivity index (χ3v) is 17.2. The highest BCUT2D eigenvalue weighted by atomic mass is 16.1. The zero-order valence-corrected chi connectivity index (χ0v) is 36.7. The van der Waals surface area contributed by atoms with Crippen LogP contribution in [0.15, 0.2) is 140 Å². The minimum absolute atomic E-state index is 0.0843. The lowest BCUT2D eigenvalue weighted by Crippen LogP contribution is -2.33. The number of hydrogen-bond acceptors (Lipinski definition) is 2. The van der Waals surface area contributed by atoms with E-state index in [0.717, 1.165) is 73.5 Å². The van der Waals surface area contributed by atoms with Crippen LogP contribution in [0.4, 0.5) is 0 Å². The first-order valence-corrected chi connectivity index (χ1v) is 23.3. The van der Waals surface area contributed by atoms with Crippen molar-refractivity contribution < 1.29 is 9.59 Å². The predicted octanol–water partition coefficient (Wildman–Crippen LogP) is 15.6. The molecule has 308 valence electrons. The molecule has 0 radical (unpaired) electrons. The third-order valence-electron chi connectivity index (χ3n) is 17.2. The van der Waals surface area contributed by atoms with Gasteiger partial charge in [-0.3, -0.25) is 9.59 Å². The van der Waals surface area contributed by atoms with Gasteiger partial charge in [0.15, 0.2) is 11.6 Å². The Balaban J connectivity index is 1.26. The Hall–Kier alpha value is -6.32. The van der Waals surface area contributed by atoms with Crippen LogP contribution in [0.5, 0.6) is 0 Å². The Morgan fingerprint density at radius 2 is 0.714 bits per heavy atom. The average Bonchev–Trinajstić information content (AvgIpc) is 3.75. The van der Waals surface area contributed by atoms with E-state index in [9.17, 15) is 9.59 Å². The predicted molar refractivity (Wildman–Crippen MR) is 259 cm³/mol. The van der Waals surface area contributed by atoms with Crippen LogP contribution in [-0.4, -0.2) is 16.0 Å². The van der Waals surface area contributed by atoms with Gasteiger partial charge in [-0.1, -0.05) is 137 Å². The van der Waals surface area contributed by atoms with Crippen LogP contribution in [0.3, 0.4) is 0 Å². The van der Waals surface area contributed by atoms with Crippen LogP contribution in [-0.2, 0) is 10.8 Å². The Morgan fingerprint density at radius 1 is 0.365 bits per heavy atom. The molecule has 2 saturated carbocycles. The summed E-state index contributed by atoms with van der Waals surface area (Å²) >= 11 is 0. The molecular formula is C60H51NO2. The number of ketones is 2. The molecule has 0 spiro atoms. The van der Waals surface area contributed by atoms with Crippen molar-refractivity contribution in [2.24, 2.45) is 10.8 Å². The number of carbonyl (C=O) groups excluding carboxylic acids is 2. The fraction of sp³-hybridized carbons (Fsp3) is 0.267. The topological polar surface area (TPSA) is 38.5 Å². The maximum Gasteiger partial charge on any atom is 0.169 e. The minimum atomic E-state index is -0.361. The molecule has 2 aromatic heterocycles. The quantitative estimate of drug-likeness (QED) is 0.177. The van der Waals surface area contributed by atoms with E-state index in [1.165, 1.54) is 82.7 Å². The van der Waals surface area contributed by atoms with Gasteiger partial charge < -0.3 is 4.40 Å². The van der Waals surface area contributed by atoms with E-state index in [-0.39, 0.29) is 21.7 Å². The molecular weight excluding hydrogens is 767 g/mol. The van der Waals surface area contributed by atoms with Gasteiger partial charge >= 0.3 is 0 Å². The summed E-state index contributed by atoms with van der Waals surface area (Å²) in [5.41, 5.74) is 16.0. The zero-order chi connectivity index (χ0) is 42.6. The zero-order valence-electron chi connectivity index (χ0n) is 36.7. The van der Waals surface area contributed by atoms with Gasteiger partial charge in [0.2, 0.25) is 0 Å². The maximum atomic E-state index is 14.9. The number of benzene rings is 7. The second-order valence-corrected chi connectivity index (χ2v) is 21.0. The average molecular weight is 818 g/mol. The lowest BCUT2D eigenvalue weighted by Gasteiger charge is -2.38. The molecule has 6 aliphatic carbocycles. The molecule has 3 nitrogen and oxygen atoms in total. The first kappa shape index (κ1) is 37.3. The summed E-state index contributed by atoms with van der Waals surface area (Å²) in [6.45, 7) is 9.23. The van der Waals surface area contributed by atoms with E-state index in [1.54, 1.807) is 0 Å². The maximum absolute atomic E-state index is 14.9. The normalized spacial score (nSPS) is 25.3. The Bertz CT molecular complexity index is 3200. The van der Waals surface area contributed by atoms with Crippen LogP contribution >= 0.6 is 0 Å². The first-order valence-electron chi connectivity index (χ1n) is 23.3. The minimum Gasteiger partial charge on any atom is -0.308 e. The lowest BCUT2D eigenvalue weighted by molar-refractivity contribution is 0.0726. The van der Waals surface area contributed by atoms with Crippen molar-refractivity contribution in [2.75, 3.05) is 0 Å². The van der Waals surface area contributed by atoms with Gasteiger partial charge in [0.1, 0.15) is 0 Å². The number of rotatable bonds is 4. The van der Waals surface area contributed by atoms with Crippen molar-refractivity contribution in [1.29, 1.82) is 0 Å². The molecule has 0 N–H and O–H groups in total. The van der Waals surface area contributed by atoms with E-state index >= 15 is 0 Å². The molecule has 9 aromatic rings. The summed E-state index contributed by atoms with van der Waals surface area (Å²) in [4.78, 5) is 29.9. The number of fused-ring (bicyclic) bond motifs is 10. The fourth-order valence-electron chi connectivity index (χ4n) is 13.1. The van der Waals surface area contributed by atoms with Crippen molar-refractivity contribution in [3.05, 3.63) is 162 Å². The van der Waals surface area contributed by atoms with Gasteiger partial charge in [0, 0.05) is 43.5 Å². The molecule has 2 heterocycles. The number of carbonyl (C=O) groups is 2. The number of aromatic nitrogens is 1. The highest BCUT2D eigenvalue weighted by Crippen LogP contribution is 2.58. The molecule has 15 rings (SSSR count). The molecule has 6 aliphatic rings. The van der Waals surface area contributed by atoms with E-state index < -0.39 is 0 Å². The standard InChI is InChI=1S/C60H51NO2/c1-57-23-27-59(3,28-24-57)55(62)44-34-50-46(32-48(44)57)52-42(40-21-13-11-19-38(40)36-15-7-5-8-16-36)31-43(41-22-14-12-20-39(41)37-17-9-6-10-18-37)53-47-33-49-45(35-51(47)61(50)54(52)53)56(63)60(4)29-25-58(49,2)26-30-60/h5-22,31-35H,23-30H2,1-4H3. The smallest absolute Gasteiger partial charge is 0.169 e. The Kier molecular flexibility index (Phi) is 7.49. The molecule has 7 aromatic carbocycles. The Labute approximate surface area is 369 Å². The number of hydrogen-bond donors (Lipinski definition) is 0. The largest absolute Gasteiger partial charge is 0.308 e. The summed E-state index contributed by atoms with van der Waals surface area (Å²) in [6, 6.07) is 51.3. The molecule has 2 fully saturated rings. The van der Waals surface area contributed by atoms with E-state index in [0.29, 0.717) is 11.6 Å². The van der Waals surface area contributed by atoms with E-state index in [1.807, 2.05) is 0 Å². The van der Waals surface area contributed by atoms with Crippen LogP contribution in [0.2, 0.25) is 0 Å². The van der Waals surface area contributed by atoms with Crippen molar-refractivity contribution in [3.8, 4) is 44.5 Å². The molecule has 0 atom stereocenters. The molecule has 63 heavy (non-hydrogen) atoms. The van der Waals surface area contributed by atoms with Gasteiger partial charge in [-0.2, -0.15) is 0 Å². The highest BCUT2D eigenvalue weighted by molar-refractivity contribution is 6.32. The van der Waals surface area contributed by atoms with Crippen molar-refractivity contribution in [1.82, 2.24) is 4.40 Å². The Morgan fingerprint density at radius 3 is 1.11 bits per heavy atom. The summed E-state index contributed by atoms with van der Waals surface area (Å²) in [7, 11) is 0. The van der Waals surface area contributed by atoms with Crippen LogP contribution < -0.4 is 0 Å². The van der Waals surface area contributed by atoms with Crippen molar-refractivity contribution >= 4 is 49.7 Å². The van der Waals surface area contributed by atoms with Gasteiger partial charge in [-0.15, -0.1) is 0 Å². The number of Topliss-reactive ketones (excluding diaryl/α,β-unsaturated/α-hetero) is 2. The van der Waals surface area contributed by atoms with E-state index in [4.69, 9.17) is 0 Å². The summed E-state index contributed by atoms with van der Waals surface area (Å²) in [6.07, 6.45) is 7.71. The first-order chi connectivity index (χ1) is 30.5. The van der Waals surface area contributed by atoms with Gasteiger partial charge in [-0.25, -0.2) is 0 Å². The molecule has 0 unspecified atom stereocenters. The molecule has 4 bridgehead atoms. The SMILES string of the molecule is CC12CCC(C)(CC1)c1cc3c4c(-c5ccccc5-c5ccccc5)cc(-c5ccccc5-c5ccccc5)c5c6cc7c(cc6n(c3cc1C2=O)c45)C(=O)C1(C)CCC7(C)CC1. The second-order valence-electron chi connectivity index (χ2n) is 21.0. The molecule has 3 heteroatoms. The third kappa shape index (κ3) is 4.97. The highest BCUT2D eigenvalue weighted by Gasteiger charge is 2.50. The summed E-state index contributed by atoms with van der Waals surface area (Å²) in [5.74, 6) is 0.581. The lowest BCUT2D eigenvalue weighted by atomic mass is 9.65. The summed E-state index contributed by atoms with van der Waals surface area (Å²) < 4.78 is 2.48. The monoisotopic (exact) mass is 817 g/mol. The fourth-order valence-corrected chi connectivity index (χ4v) is 13.1. The molecule has 0 amide bonds. The number of nitrogens with zero attached hydrogens (tertiary/aromatic N) is 1. The van der Waals surface area contributed by atoms with Gasteiger partial charge in [0.25, 0.3) is 0 Å². The summed E-state index contributed by atoms with van der Waals surface area (Å²) in [5, 5.41) is 4.79. The van der Waals surface area contributed by atoms with E-state index in [2.05, 4.69) is 172 Å². The van der Waals surface area contributed by atoms with Crippen LogP contribution in [0, 0.1) is 10.8 Å². The second kappa shape index (κ2) is 12.7. The van der Waals surface area contributed by atoms with Crippen LogP contribution in [0.1, 0.15) is 111 Å². The van der Waals surface area contributed by atoms with Crippen molar-refractivity contribution in [3.63, 3.8) is 0 Å². The van der Waals surface area contributed by atoms with Gasteiger partial charge in [-0.05, 0) is 148 Å². The van der Waals surface area contributed by atoms with Crippen molar-refractivity contribution in [2.45, 2.75) is 89.9 Å². The van der Waals surface area contributed by atoms with Gasteiger partial charge in [0.05, 0.1) is 16.6 Å². The van der Waals surface area contributed by atoms with Crippen LogP contribution in [0.25, 0.3) is 82.6 Å². The molecule has 0 aliphatic heterocycles. The molecule has 0 saturated heterocycles.